The van der Waals surface area contributed by atoms with Crippen LogP contribution < -0.4 is 5.32 Å². The summed E-state index contributed by atoms with van der Waals surface area (Å²) in [4.78, 5) is 12.2. The van der Waals surface area contributed by atoms with Crippen molar-refractivity contribution in [3.8, 4) is 0 Å². The molecule has 1 aromatic carbocycles. The Morgan fingerprint density at radius 2 is 2.16 bits per heavy atom. The molecule has 1 N–H and O–H groups in total. The minimum absolute atomic E-state index is 0.145. The Morgan fingerprint density at radius 1 is 1.42 bits per heavy atom. The maximum Gasteiger partial charge on any atom is 0.251 e. The normalized spacial score (nSPS) is 23.1. The van der Waals surface area contributed by atoms with Crippen molar-refractivity contribution in [3.63, 3.8) is 0 Å². The fourth-order valence-electron chi connectivity index (χ4n) is 2.68. The van der Waals surface area contributed by atoms with E-state index in [1.165, 1.54) is 43.9 Å². The quantitative estimate of drug-likeness (QED) is 0.813. The fourth-order valence-corrected chi connectivity index (χ4v) is 2.89. The van der Waals surface area contributed by atoms with Crippen LogP contribution in [-0.2, 0) is 0 Å². The van der Waals surface area contributed by atoms with Crippen LogP contribution in [0.2, 0.25) is 0 Å². The molecule has 0 spiro atoms. The number of hydrogen-bond donors (Lipinski definition) is 2. The summed E-state index contributed by atoms with van der Waals surface area (Å²) in [6.07, 6.45) is 4.98. The van der Waals surface area contributed by atoms with Crippen molar-refractivity contribution in [2.75, 3.05) is 6.54 Å². The van der Waals surface area contributed by atoms with Crippen molar-refractivity contribution in [2.45, 2.75) is 37.5 Å². The van der Waals surface area contributed by atoms with Crippen LogP contribution in [0.25, 0.3) is 0 Å². The number of carbonyl (C=O) groups excluding carboxylic acids is 1. The second-order valence-electron chi connectivity index (χ2n) is 5.40. The number of rotatable bonds is 3. The number of amides is 1. The van der Waals surface area contributed by atoms with Gasteiger partial charge in [-0.1, -0.05) is 26.2 Å². The zero-order valence-electron chi connectivity index (χ0n) is 11.2. The molecule has 0 radical (unpaired) electrons. The first-order valence-corrected chi connectivity index (χ1v) is 7.29. The van der Waals surface area contributed by atoms with E-state index in [4.69, 9.17) is 0 Å². The molecule has 1 amide bonds. The molecule has 0 aromatic heterocycles. The van der Waals surface area contributed by atoms with Gasteiger partial charge in [0, 0.05) is 17.0 Å². The number of halogens is 1. The summed E-state index contributed by atoms with van der Waals surface area (Å²) in [7, 11) is 0. The van der Waals surface area contributed by atoms with Gasteiger partial charge in [0.25, 0.3) is 5.91 Å². The van der Waals surface area contributed by atoms with Gasteiger partial charge in [0.2, 0.25) is 0 Å². The van der Waals surface area contributed by atoms with E-state index >= 15 is 0 Å². The van der Waals surface area contributed by atoms with Gasteiger partial charge in [-0.15, -0.1) is 12.6 Å². The molecule has 2 atom stereocenters. The highest BCUT2D eigenvalue weighted by atomic mass is 32.1. The second kappa shape index (κ2) is 6.42. The lowest BCUT2D eigenvalue weighted by atomic mass is 9.80. The molecule has 104 valence electrons. The highest BCUT2D eigenvalue weighted by Gasteiger charge is 2.21. The van der Waals surface area contributed by atoms with Crippen molar-refractivity contribution < 1.29 is 9.18 Å². The molecule has 1 aliphatic rings. The van der Waals surface area contributed by atoms with Gasteiger partial charge in [-0.3, -0.25) is 4.79 Å². The van der Waals surface area contributed by atoms with Gasteiger partial charge in [0.1, 0.15) is 5.82 Å². The predicted molar refractivity (Wildman–Crippen MR) is 77.1 cm³/mol. The Morgan fingerprint density at radius 3 is 2.84 bits per heavy atom. The number of thiol groups is 1. The van der Waals surface area contributed by atoms with Crippen molar-refractivity contribution in [3.05, 3.63) is 29.6 Å². The monoisotopic (exact) mass is 281 g/mol. The van der Waals surface area contributed by atoms with E-state index in [0.717, 1.165) is 0 Å². The van der Waals surface area contributed by atoms with Crippen LogP contribution in [0.3, 0.4) is 0 Å². The zero-order valence-corrected chi connectivity index (χ0v) is 12.1. The van der Waals surface area contributed by atoms with Crippen LogP contribution in [-0.4, -0.2) is 12.5 Å². The molecule has 1 fully saturated rings. The van der Waals surface area contributed by atoms with Gasteiger partial charge in [-0.2, -0.15) is 0 Å². The molecule has 2 unspecified atom stereocenters. The van der Waals surface area contributed by atoms with E-state index in [-0.39, 0.29) is 10.8 Å². The fraction of sp³-hybridized carbons (Fsp3) is 0.533. The average Bonchev–Trinajstić information content (AvgIpc) is 2.40. The lowest BCUT2D eigenvalue weighted by Gasteiger charge is -2.28. The Kier molecular flexibility index (Phi) is 4.86. The van der Waals surface area contributed by atoms with Gasteiger partial charge in [-0.25, -0.2) is 4.39 Å². The van der Waals surface area contributed by atoms with Crippen molar-refractivity contribution in [2.24, 2.45) is 11.8 Å². The largest absolute Gasteiger partial charge is 0.352 e. The maximum absolute atomic E-state index is 13.1. The van der Waals surface area contributed by atoms with Gasteiger partial charge in [0.15, 0.2) is 0 Å². The summed E-state index contributed by atoms with van der Waals surface area (Å²) in [6, 6.07) is 4.24. The third-order valence-electron chi connectivity index (χ3n) is 4.02. The SMILES string of the molecule is CC1CCCCC1CNC(=O)c1ccc(F)c(S)c1. The standard InChI is InChI=1S/C15H20FNOS/c1-10-4-2-3-5-12(10)9-17-15(18)11-6-7-13(16)14(19)8-11/h6-8,10,12,19H,2-5,9H2,1H3,(H,17,18). The minimum atomic E-state index is -0.402. The first kappa shape index (κ1) is 14.4. The van der Waals surface area contributed by atoms with Crippen LogP contribution in [0.15, 0.2) is 23.1 Å². The molecule has 4 heteroatoms. The summed E-state index contributed by atoms with van der Waals surface area (Å²) in [5.74, 6) is 0.685. The van der Waals surface area contributed by atoms with E-state index in [9.17, 15) is 9.18 Å². The Balaban J connectivity index is 1.91. The zero-order chi connectivity index (χ0) is 13.8. The number of benzene rings is 1. The predicted octanol–water partition coefficient (Wildman–Crippen LogP) is 3.67. The Bertz CT molecular complexity index is 463. The first-order valence-electron chi connectivity index (χ1n) is 6.84. The number of carbonyl (C=O) groups is 1. The Labute approximate surface area is 119 Å². The van der Waals surface area contributed by atoms with Crippen molar-refractivity contribution in [1.29, 1.82) is 0 Å². The van der Waals surface area contributed by atoms with Gasteiger partial charge in [-0.05, 0) is 36.5 Å². The lowest BCUT2D eigenvalue weighted by molar-refractivity contribution is 0.0936. The third kappa shape index (κ3) is 3.72. The molecule has 19 heavy (non-hydrogen) atoms. The van der Waals surface area contributed by atoms with Crippen LogP contribution in [0, 0.1) is 17.7 Å². The smallest absolute Gasteiger partial charge is 0.251 e. The van der Waals surface area contributed by atoms with E-state index in [1.807, 2.05) is 0 Å². The molecule has 0 aliphatic heterocycles. The summed E-state index contributed by atoms with van der Waals surface area (Å²) in [5.41, 5.74) is 0.467. The number of hydrogen-bond acceptors (Lipinski definition) is 2. The molecule has 0 bridgehead atoms. The summed E-state index contributed by atoms with van der Waals surface area (Å²) >= 11 is 3.99. The molecule has 1 aromatic rings. The van der Waals surface area contributed by atoms with E-state index < -0.39 is 5.82 Å². The topological polar surface area (TPSA) is 29.1 Å². The highest BCUT2D eigenvalue weighted by molar-refractivity contribution is 7.80. The van der Waals surface area contributed by atoms with Crippen LogP contribution in [0.5, 0.6) is 0 Å². The highest BCUT2D eigenvalue weighted by Crippen LogP contribution is 2.28. The van der Waals surface area contributed by atoms with Crippen LogP contribution >= 0.6 is 12.6 Å². The van der Waals surface area contributed by atoms with Crippen molar-refractivity contribution >= 4 is 18.5 Å². The lowest BCUT2D eigenvalue weighted by Crippen LogP contribution is -2.33. The molecule has 0 saturated heterocycles. The summed E-state index contributed by atoms with van der Waals surface area (Å²) in [6.45, 7) is 2.96. The van der Waals surface area contributed by atoms with E-state index in [0.29, 0.717) is 23.9 Å². The van der Waals surface area contributed by atoms with Gasteiger partial charge in [0.05, 0.1) is 0 Å². The summed E-state index contributed by atoms with van der Waals surface area (Å²) in [5, 5.41) is 2.95. The van der Waals surface area contributed by atoms with Gasteiger partial charge < -0.3 is 5.32 Å². The van der Waals surface area contributed by atoms with E-state index in [2.05, 4.69) is 24.9 Å². The minimum Gasteiger partial charge on any atom is -0.352 e. The molecule has 2 rings (SSSR count). The summed E-state index contributed by atoms with van der Waals surface area (Å²) < 4.78 is 13.1. The third-order valence-corrected chi connectivity index (χ3v) is 4.36. The second-order valence-corrected chi connectivity index (χ2v) is 5.88. The van der Waals surface area contributed by atoms with Crippen molar-refractivity contribution in [1.82, 2.24) is 5.32 Å². The molecule has 2 nitrogen and oxygen atoms in total. The van der Waals surface area contributed by atoms with E-state index in [1.54, 1.807) is 0 Å². The molecule has 1 saturated carbocycles. The maximum atomic E-state index is 13.1. The molecular formula is C15H20FNOS. The molecular weight excluding hydrogens is 261 g/mol. The average molecular weight is 281 g/mol. The van der Waals surface area contributed by atoms with Crippen LogP contribution in [0.1, 0.15) is 43.0 Å². The first-order chi connectivity index (χ1) is 9.08. The molecule has 0 heterocycles. The van der Waals surface area contributed by atoms with Gasteiger partial charge >= 0.3 is 0 Å². The Hall–Kier alpha value is -1.03. The number of nitrogens with one attached hydrogen (secondary N) is 1. The molecule has 1 aliphatic carbocycles. The van der Waals surface area contributed by atoms with Crippen LogP contribution in [0.4, 0.5) is 4.39 Å².